The predicted molar refractivity (Wildman–Crippen MR) is 102 cm³/mol. The fourth-order valence-electron chi connectivity index (χ4n) is 4.46. The van der Waals surface area contributed by atoms with Crippen LogP contribution in [0.3, 0.4) is 0 Å². The molecule has 0 bridgehead atoms. The first-order chi connectivity index (χ1) is 13.0. The molecule has 3 aliphatic rings. The molecule has 148 valence electrons. The van der Waals surface area contributed by atoms with Crippen molar-refractivity contribution >= 4 is 15.7 Å². The molecule has 27 heavy (non-hydrogen) atoms. The lowest BCUT2D eigenvalue weighted by atomic mass is 9.94. The van der Waals surface area contributed by atoms with Crippen LogP contribution in [0, 0.1) is 5.92 Å². The molecule has 1 aliphatic carbocycles. The van der Waals surface area contributed by atoms with Gasteiger partial charge in [0.25, 0.3) is 0 Å². The average molecular weight is 393 g/mol. The number of fused-ring (bicyclic) bond motifs is 1. The zero-order valence-corrected chi connectivity index (χ0v) is 16.5. The maximum absolute atomic E-state index is 12.1. The number of nitrogens with one attached hydrogen (secondary N) is 1. The molecule has 1 atom stereocenters. The molecule has 1 saturated carbocycles. The third-order valence-corrected chi connectivity index (χ3v) is 7.35. The Morgan fingerprint density at radius 3 is 2.78 bits per heavy atom. The van der Waals surface area contributed by atoms with Gasteiger partial charge >= 0.3 is 0 Å². The van der Waals surface area contributed by atoms with Crippen LogP contribution < -0.4 is 5.32 Å². The number of carbonyl (C=O) groups excluding carboxylic acids is 1. The first-order valence-electron chi connectivity index (χ1n) is 9.96. The van der Waals surface area contributed by atoms with Crippen molar-refractivity contribution in [1.29, 1.82) is 0 Å². The van der Waals surface area contributed by atoms with Gasteiger partial charge in [0.15, 0.2) is 9.84 Å². The second kappa shape index (κ2) is 7.75. The lowest BCUT2D eigenvalue weighted by molar-refractivity contribution is -0.121. The fourth-order valence-corrected chi connectivity index (χ4v) is 5.86. The van der Waals surface area contributed by atoms with E-state index in [0.29, 0.717) is 12.6 Å². The first-order valence-corrected chi connectivity index (χ1v) is 11.7. The predicted octanol–water partition coefficient (Wildman–Crippen LogP) is 1.60. The van der Waals surface area contributed by atoms with Crippen molar-refractivity contribution in [2.45, 2.75) is 64.2 Å². The van der Waals surface area contributed by atoms with Crippen molar-refractivity contribution in [2.24, 2.45) is 5.92 Å². The zero-order chi connectivity index (χ0) is 18.9. The molecule has 1 unspecified atom stereocenters. The van der Waals surface area contributed by atoms with Crippen LogP contribution in [-0.2, 0) is 34.3 Å². The molecule has 0 radical (unpaired) electrons. The van der Waals surface area contributed by atoms with E-state index in [2.05, 4.69) is 26.1 Å². The van der Waals surface area contributed by atoms with Crippen molar-refractivity contribution in [3.05, 3.63) is 28.9 Å². The quantitative estimate of drug-likeness (QED) is 0.823. The van der Waals surface area contributed by atoms with E-state index in [1.165, 1.54) is 43.2 Å². The van der Waals surface area contributed by atoms with Crippen LogP contribution in [0.1, 0.15) is 49.9 Å². The highest BCUT2D eigenvalue weighted by molar-refractivity contribution is 7.94. The van der Waals surface area contributed by atoms with E-state index in [0.717, 1.165) is 25.3 Å². The summed E-state index contributed by atoms with van der Waals surface area (Å²) in [4.78, 5) is 14.7. The maximum atomic E-state index is 12.1. The summed E-state index contributed by atoms with van der Waals surface area (Å²) >= 11 is 0. The first kappa shape index (κ1) is 18.7. The molecule has 8 heteroatoms. The van der Waals surface area contributed by atoms with Crippen LogP contribution in [0.25, 0.3) is 0 Å². The van der Waals surface area contributed by atoms with Gasteiger partial charge in [0.05, 0.1) is 30.2 Å². The molecule has 1 aromatic heterocycles. The van der Waals surface area contributed by atoms with Gasteiger partial charge in [0.2, 0.25) is 5.91 Å². The number of allylic oxidation sites excluding steroid dienone is 1. The van der Waals surface area contributed by atoms with E-state index in [4.69, 9.17) is 0 Å². The Kier molecular flexibility index (Phi) is 5.36. The van der Waals surface area contributed by atoms with Crippen molar-refractivity contribution in [1.82, 2.24) is 20.0 Å². The molecule has 4 rings (SSSR count). The topological polar surface area (TPSA) is 84.3 Å². The minimum Gasteiger partial charge on any atom is -0.350 e. The number of aromatic nitrogens is 2. The summed E-state index contributed by atoms with van der Waals surface area (Å²) in [7, 11) is -3.11. The van der Waals surface area contributed by atoms with Gasteiger partial charge in [-0.05, 0) is 18.9 Å². The van der Waals surface area contributed by atoms with E-state index in [1.54, 1.807) is 6.08 Å². The Bertz CT molecular complexity index is 824. The molecule has 0 saturated heterocycles. The minimum atomic E-state index is -3.11. The number of nitrogens with zero attached hydrogens (tertiary/aromatic N) is 3. The van der Waals surface area contributed by atoms with Gasteiger partial charge in [0, 0.05) is 36.9 Å². The second-order valence-corrected chi connectivity index (χ2v) is 9.94. The number of amides is 1. The minimum absolute atomic E-state index is 0.0379. The van der Waals surface area contributed by atoms with Crippen molar-refractivity contribution in [2.75, 3.05) is 12.3 Å². The van der Waals surface area contributed by atoms with Gasteiger partial charge in [0.1, 0.15) is 0 Å². The lowest BCUT2D eigenvalue weighted by Crippen LogP contribution is -2.42. The number of carbonyl (C=O) groups is 1. The lowest BCUT2D eigenvalue weighted by Gasteiger charge is -2.36. The molecular formula is C19H28N4O3S. The Morgan fingerprint density at radius 1 is 1.22 bits per heavy atom. The highest BCUT2D eigenvalue weighted by atomic mass is 32.2. The van der Waals surface area contributed by atoms with Crippen molar-refractivity contribution < 1.29 is 13.2 Å². The normalized spacial score (nSPS) is 25.4. The standard InChI is InChI=1S/C19H28N4O3S/c24-19(10-15-6-9-27(25,26)14-15)20-12-16-11-18-13-22(7-8-23(18)21-16)17-4-2-1-3-5-17/h6,9,11,15,17H,1-5,7-8,10,12-14H2,(H,20,24). The molecule has 2 aliphatic heterocycles. The molecular weight excluding hydrogens is 364 g/mol. The monoisotopic (exact) mass is 392 g/mol. The zero-order valence-electron chi connectivity index (χ0n) is 15.6. The smallest absolute Gasteiger partial charge is 0.220 e. The third-order valence-electron chi connectivity index (χ3n) is 5.89. The SMILES string of the molecule is O=C(CC1C=CS(=O)(=O)C1)NCc1cc2n(n1)CCN(C1CCCCC1)C2. The second-order valence-electron chi connectivity index (χ2n) is 8.01. The molecule has 7 nitrogen and oxygen atoms in total. The van der Waals surface area contributed by atoms with Gasteiger partial charge in [-0.3, -0.25) is 14.4 Å². The van der Waals surface area contributed by atoms with E-state index >= 15 is 0 Å². The van der Waals surface area contributed by atoms with Gasteiger partial charge in [-0.15, -0.1) is 0 Å². The molecule has 0 spiro atoms. The van der Waals surface area contributed by atoms with Crippen LogP contribution in [0.15, 0.2) is 17.6 Å². The fraction of sp³-hybridized carbons (Fsp3) is 0.684. The van der Waals surface area contributed by atoms with Crippen LogP contribution in [0.2, 0.25) is 0 Å². The Labute approximate surface area is 160 Å². The molecule has 0 aromatic carbocycles. The highest BCUT2D eigenvalue weighted by Gasteiger charge is 2.26. The average Bonchev–Trinajstić information content (AvgIpc) is 3.22. The third kappa shape index (κ3) is 4.60. The van der Waals surface area contributed by atoms with E-state index in [9.17, 15) is 13.2 Å². The molecule has 1 aromatic rings. The number of hydrogen-bond acceptors (Lipinski definition) is 5. The van der Waals surface area contributed by atoms with Crippen molar-refractivity contribution in [3.63, 3.8) is 0 Å². The summed E-state index contributed by atoms with van der Waals surface area (Å²) < 4.78 is 24.9. The van der Waals surface area contributed by atoms with Crippen LogP contribution in [0.5, 0.6) is 0 Å². The molecule has 1 N–H and O–H groups in total. The van der Waals surface area contributed by atoms with Gasteiger partial charge in [-0.25, -0.2) is 8.42 Å². The Hall–Kier alpha value is -1.67. The van der Waals surface area contributed by atoms with Crippen LogP contribution >= 0.6 is 0 Å². The molecule has 3 heterocycles. The van der Waals surface area contributed by atoms with Gasteiger partial charge < -0.3 is 5.32 Å². The maximum Gasteiger partial charge on any atom is 0.220 e. The molecule has 1 fully saturated rings. The Morgan fingerprint density at radius 2 is 2.04 bits per heavy atom. The van der Waals surface area contributed by atoms with Gasteiger partial charge in [-0.1, -0.05) is 25.3 Å². The highest BCUT2D eigenvalue weighted by Crippen LogP contribution is 2.26. The number of sulfone groups is 1. The summed E-state index contributed by atoms with van der Waals surface area (Å²) in [5.74, 6) is -0.304. The summed E-state index contributed by atoms with van der Waals surface area (Å²) in [5, 5.41) is 8.72. The summed E-state index contributed by atoms with van der Waals surface area (Å²) in [6.45, 7) is 3.29. The number of hydrogen-bond donors (Lipinski definition) is 1. The van der Waals surface area contributed by atoms with E-state index in [-0.39, 0.29) is 24.0 Å². The van der Waals surface area contributed by atoms with Crippen LogP contribution in [0.4, 0.5) is 0 Å². The molecule has 1 amide bonds. The van der Waals surface area contributed by atoms with Gasteiger partial charge in [-0.2, -0.15) is 5.10 Å². The number of rotatable bonds is 5. The van der Waals surface area contributed by atoms with Crippen molar-refractivity contribution in [3.8, 4) is 0 Å². The Balaban J connectivity index is 1.28. The summed E-state index contributed by atoms with van der Waals surface area (Å²) in [6, 6.07) is 2.80. The summed E-state index contributed by atoms with van der Waals surface area (Å²) in [6.07, 6.45) is 8.49. The van der Waals surface area contributed by atoms with Crippen LogP contribution in [-0.4, -0.2) is 47.3 Å². The summed E-state index contributed by atoms with van der Waals surface area (Å²) in [5.41, 5.74) is 2.10. The largest absolute Gasteiger partial charge is 0.350 e. The van der Waals surface area contributed by atoms with E-state index in [1.807, 2.05) is 0 Å². The van der Waals surface area contributed by atoms with E-state index < -0.39 is 9.84 Å².